The number of benzene rings is 1. The molecule has 2 rings (SSSR count). The molecule has 0 spiro atoms. The van der Waals surface area contributed by atoms with Crippen LogP contribution in [0, 0.1) is 12.8 Å². The molecule has 1 saturated heterocycles. The van der Waals surface area contributed by atoms with Crippen LogP contribution >= 0.6 is 0 Å². The molecule has 0 radical (unpaired) electrons. The normalized spacial score (nSPS) is 20.6. The molecule has 0 aromatic heterocycles. The van der Waals surface area contributed by atoms with Gasteiger partial charge in [-0.05, 0) is 31.9 Å². The number of sulfonamides is 1. The molecule has 0 saturated carbocycles. The van der Waals surface area contributed by atoms with E-state index in [1.165, 1.54) is 4.31 Å². The van der Waals surface area contributed by atoms with E-state index in [1.54, 1.807) is 31.3 Å². The van der Waals surface area contributed by atoms with E-state index in [9.17, 15) is 13.2 Å². The van der Waals surface area contributed by atoms with Crippen molar-refractivity contribution in [3.63, 3.8) is 0 Å². The van der Waals surface area contributed by atoms with Crippen molar-refractivity contribution in [2.45, 2.75) is 24.7 Å². The van der Waals surface area contributed by atoms with Crippen molar-refractivity contribution >= 4 is 15.9 Å². The summed E-state index contributed by atoms with van der Waals surface area (Å²) < 4.78 is 26.5. The minimum absolute atomic E-state index is 0.0891. The fraction of sp³-hybridized carbons (Fsp3) is 0.500. The fourth-order valence-corrected chi connectivity index (χ4v) is 3.96. The van der Waals surface area contributed by atoms with Crippen molar-refractivity contribution in [3.05, 3.63) is 29.8 Å². The first-order chi connectivity index (χ1) is 9.45. The van der Waals surface area contributed by atoms with Crippen LogP contribution in [0.15, 0.2) is 29.2 Å². The van der Waals surface area contributed by atoms with Gasteiger partial charge < -0.3 is 5.32 Å². The Kier molecular flexibility index (Phi) is 4.45. The van der Waals surface area contributed by atoms with Gasteiger partial charge in [0.25, 0.3) is 0 Å². The number of hydrogen-bond acceptors (Lipinski definition) is 3. The minimum Gasteiger partial charge on any atom is -0.359 e. The van der Waals surface area contributed by atoms with E-state index in [1.807, 2.05) is 6.92 Å². The zero-order chi connectivity index (χ0) is 14.8. The van der Waals surface area contributed by atoms with Crippen LogP contribution in [0.5, 0.6) is 0 Å². The Morgan fingerprint density at radius 3 is 2.55 bits per heavy atom. The molecule has 1 aliphatic rings. The highest BCUT2D eigenvalue weighted by Gasteiger charge is 2.32. The molecule has 0 aliphatic carbocycles. The van der Waals surface area contributed by atoms with Crippen LogP contribution in [0.4, 0.5) is 0 Å². The molecule has 1 aromatic rings. The van der Waals surface area contributed by atoms with Crippen LogP contribution in [0.3, 0.4) is 0 Å². The van der Waals surface area contributed by atoms with Crippen LogP contribution in [-0.4, -0.2) is 38.8 Å². The monoisotopic (exact) mass is 296 g/mol. The first-order valence-corrected chi connectivity index (χ1v) is 8.17. The van der Waals surface area contributed by atoms with Crippen molar-refractivity contribution < 1.29 is 13.2 Å². The molecule has 20 heavy (non-hydrogen) atoms. The van der Waals surface area contributed by atoms with Crippen molar-refractivity contribution in [1.29, 1.82) is 0 Å². The quantitative estimate of drug-likeness (QED) is 0.909. The number of nitrogens with one attached hydrogen (secondary N) is 1. The number of rotatable bonds is 3. The molecule has 1 amide bonds. The second kappa shape index (κ2) is 5.93. The summed E-state index contributed by atoms with van der Waals surface area (Å²) in [5, 5.41) is 2.59. The van der Waals surface area contributed by atoms with E-state index in [0.717, 1.165) is 12.0 Å². The third kappa shape index (κ3) is 3.02. The second-order valence-corrected chi connectivity index (χ2v) is 7.07. The second-order valence-electron chi connectivity index (χ2n) is 5.13. The maximum atomic E-state index is 12.5. The summed E-state index contributed by atoms with van der Waals surface area (Å²) in [7, 11) is -1.92. The summed E-state index contributed by atoms with van der Waals surface area (Å²) in [6, 6.07) is 6.81. The molecule has 0 bridgehead atoms. The molecule has 1 aliphatic heterocycles. The Hall–Kier alpha value is -1.40. The zero-order valence-electron chi connectivity index (χ0n) is 11.8. The van der Waals surface area contributed by atoms with Crippen LogP contribution in [0.2, 0.25) is 0 Å². The van der Waals surface area contributed by atoms with Crippen molar-refractivity contribution in [2.24, 2.45) is 5.92 Å². The molecule has 1 atom stereocenters. The van der Waals surface area contributed by atoms with Crippen molar-refractivity contribution in [1.82, 2.24) is 9.62 Å². The van der Waals surface area contributed by atoms with Gasteiger partial charge in [0, 0.05) is 20.1 Å². The summed E-state index contributed by atoms with van der Waals surface area (Å²) in [5.41, 5.74) is 1.02. The van der Waals surface area contributed by atoms with E-state index < -0.39 is 10.0 Å². The van der Waals surface area contributed by atoms with E-state index >= 15 is 0 Å². The summed E-state index contributed by atoms with van der Waals surface area (Å²) in [6.45, 7) is 2.65. The van der Waals surface area contributed by atoms with Gasteiger partial charge in [-0.2, -0.15) is 4.31 Å². The van der Waals surface area contributed by atoms with Gasteiger partial charge in [0.2, 0.25) is 15.9 Å². The molecule has 1 aromatic carbocycles. The van der Waals surface area contributed by atoms with E-state index in [4.69, 9.17) is 0 Å². The highest BCUT2D eigenvalue weighted by molar-refractivity contribution is 7.89. The Morgan fingerprint density at radius 1 is 1.30 bits per heavy atom. The average Bonchev–Trinajstić information content (AvgIpc) is 2.47. The van der Waals surface area contributed by atoms with Gasteiger partial charge in [0.15, 0.2) is 0 Å². The summed E-state index contributed by atoms with van der Waals surface area (Å²) in [5.74, 6) is -0.345. The molecular formula is C14H20N2O3S. The molecule has 6 heteroatoms. The Bertz CT molecular complexity index is 581. The molecular weight excluding hydrogens is 276 g/mol. The maximum Gasteiger partial charge on any atom is 0.243 e. The zero-order valence-corrected chi connectivity index (χ0v) is 12.6. The van der Waals surface area contributed by atoms with Crippen LogP contribution in [-0.2, 0) is 14.8 Å². The summed E-state index contributed by atoms with van der Waals surface area (Å²) in [4.78, 5) is 12.0. The molecule has 1 N–H and O–H groups in total. The summed E-state index contributed by atoms with van der Waals surface area (Å²) >= 11 is 0. The number of carbonyl (C=O) groups excluding carboxylic acids is 1. The Morgan fingerprint density at radius 2 is 1.95 bits per heavy atom. The predicted octanol–water partition coefficient (Wildman–Crippen LogP) is 1.14. The average molecular weight is 296 g/mol. The smallest absolute Gasteiger partial charge is 0.243 e. The lowest BCUT2D eigenvalue weighted by atomic mass is 9.99. The van der Waals surface area contributed by atoms with Gasteiger partial charge in [-0.25, -0.2) is 8.42 Å². The van der Waals surface area contributed by atoms with Crippen LogP contribution in [0.1, 0.15) is 18.4 Å². The minimum atomic E-state index is -3.50. The fourth-order valence-electron chi connectivity index (χ4n) is 2.44. The number of piperidine rings is 1. The van der Waals surface area contributed by atoms with Gasteiger partial charge in [0.05, 0.1) is 10.8 Å². The first kappa shape index (κ1) is 15.0. The number of hydrogen-bond donors (Lipinski definition) is 1. The van der Waals surface area contributed by atoms with Gasteiger partial charge in [-0.1, -0.05) is 17.7 Å². The number of amides is 1. The molecule has 0 unspecified atom stereocenters. The third-order valence-corrected chi connectivity index (χ3v) is 5.54. The topological polar surface area (TPSA) is 66.5 Å². The largest absolute Gasteiger partial charge is 0.359 e. The van der Waals surface area contributed by atoms with E-state index in [2.05, 4.69) is 5.32 Å². The summed E-state index contributed by atoms with van der Waals surface area (Å²) in [6.07, 6.45) is 1.45. The molecule has 110 valence electrons. The first-order valence-electron chi connectivity index (χ1n) is 6.73. The lowest BCUT2D eigenvalue weighted by molar-refractivity contribution is -0.125. The highest BCUT2D eigenvalue weighted by Crippen LogP contribution is 2.24. The number of nitrogens with zero attached hydrogens (tertiary/aromatic N) is 1. The molecule has 1 fully saturated rings. The highest BCUT2D eigenvalue weighted by atomic mass is 32.2. The standard InChI is InChI=1S/C14H20N2O3S/c1-11-5-7-13(8-6-11)20(18,19)16-9-3-4-12(10-16)14(17)15-2/h5-8,12H,3-4,9-10H2,1-2H3,(H,15,17)/t12-/m1/s1. The van der Waals surface area contributed by atoms with Gasteiger partial charge in [0.1, 0.15) is 0 Å². The Labute approximate surface area is 120 Å². The van der Waals surface area contributed by atoms with Crippen molar-refractivity contribution in [2.75, 3.05) is 20.1 Å². The lowest BCUT2D eigenvalue weighted by Gasteiger charge is -2.30. The molecule has 5 nitrogen and oxygen atoms in total. The van der Waals surface area contributed by atoms with E-state index in [0.29, 0.717) is 17.9 Å². The predicted molar refractivity (Wildman–Crippen MR) is 76.7 cm³/mol. The lowest BCUT2D eigenvalue weighted by Crippen LogP contribution is -2.44. The van der Waals surface area contributed by atoms with Crippen molar-refractivity contribution in [3.8, 4) is 0 Å². The van der Waals surface area contributed by atoms with Gasteiger partial charge in [-0.15, -0.1) is 0 Å². The Balaban J connectivity index is 2.21. The number of aryl methyl sites for hydroxylation is 1. The van der Waals surface area contributed by atoms with Gasteiger partial charge in [-0.3, -0.25) is 4.79 Å². The van der Waals surface area contributed by atoms with Crippen LogP contribution < -0.4 is 5.32 Å². The molecule has 1 heterocycles. The number of carbonyl (C=O) groups is 1. The SMILES string of the molecule is CNC(=O)[C@@H]1CCCN(S(=O)(=O)c2ccc(C)cc2)C1. The van der Waals surface area contributed by atoms with Crippen LogP contribution in [0.25, 0.3) is 0 Å². The third-order valence-electron chi connectivity index (χ3n) is 3.66. The van der Waals surface area contributed by atoms with E-state index in [-0.39, 0.29) is 18.4 Å². The van der Waals surface area contributed by atoms with Gasteiger partial charge >= 0.3 is 0 Å². The maximum absolute atomic E-state index is 12.5.